The minimum Gasteiger partial charge on any atom is -0.508 e. The van der Waals surface area contributed by atoms with Crippen molar-refractivity contribution in [3.8, 4) is 11.5 Å². The van der Waals surface area contributed by atoms with E-state index in [1.165, 1.54) is 6.07 Å². The summed E-state index contributed by atoms with van der Waals surface area (Å²) in [6, 6.07) is 11.8. The van der Waals surface area contributed by atoms with Crippen LogP contribution < -0.4 is 0 Å². The summed E-state index contributed by atoms with van der Waals surface area (Å²) in [5, 5.41) is 19.7. The van der Waals surface area contributed by atoms with Gasteiger partial charge in [0.1, 0.15) is 11.5 Å². The highest BCUT2D eigenvalue weighted by Gasteiger charge is 2.00. The molecule has 0 heterocycles. The van der Waals surface area contributed by atoms with Crippen LogP contribution in [-0.2, 0) is 6.54 Å². The number of para-hydroxylation sites is 1. The van der Waals surface area contributed by atoms with Crippen molar-refractivity contribution in [1.29, 1.82) is 0 Å². The quantitative estimate of drug-likeness (QED) is 0.833. The van der Waals surface area contributed by atoms with E-state index in [0.29, 0.717) is 22.7 Å². The SMILES string of the molecule is Oc1ccccc1C=NCc1ccc(Cl)cc1O. The highest BCUT2D eigenvalue weighted by molar-refractivity contribution is 6.30. The summed E-state index contributed by atoms with van der Waals surface area (Å²) >= 11 is 5.74. The Kier molecular flexibility index (Phi) is 3.85. The Hall–Kier alpha value is -2.00. The summed E-state index contributed by atoms with van der Waals surface area (Å²) < 4.78 is 0. The molecule has 3 nitrogen and oxygen atoms in total. The van der Waals surface area contributed by atoms with Gasteiger partial charge in [-0.1, -0.05) is 29.8 Å². The van der Waals surface area contributed by atoms with Gasteiger partial charge in [0.2, 0.25) is 0 Å². The van der Waals surface area contributed by atoms with E-state index in [1.807, 2.05) is 6.07 Å². The monoisotopic (exact) mass is 261 g/mol. The Morgan fingerprint density at radius 2 is 1.83 bits per heavy atom. The first-order valence-corrected chi connectivity index (χ1v) is 5.80. The molecule has 2 aromatic rings. The predicted molar refractivity (Wildman–Crippen MR) is 72.5 cm³/mol. The molecule has 92 valence electrons. The van der Waals surface area contributed by atoms with E-state index in [9.17, 15) is 10.2 Å². The molecule has 0 aliphatic heterocycles. The fraction of sp³-hybridized carbons (Fsp3) is 0.0714. The molecule has 0 bridgehead atoms. The van der Waals surface area contributed by atoms with E-state index in [4.69, 9.17) is 11.6 Å². The van der Waals surface area contributed by atoms with Crippen molar-refractivity contribution in [2.75, 3.05) is 0 Å². The molecule has 2 N–H and O–H groups in total. The van der Waals surface area contributed by atoms with Gasteiger partial charge in [0.05, 0.1) is 6.54 Å². The second kappa shape index (κ2) is 5.56. The van der Waals surface area contributed by atoms with Gasteiger partial charge in [-0.25, -0.2) is 0 Å². The summed E-state index contributed by atoms with van der Waals surface area (Å²) in [6.45, 7) is 0.331. The first-order valence-electron chi connectivity index (χ1n) is 5.42. The van der Waals surface area contributed by atoms with Crippen LogP contribution in [0.3, 0.4) is 0 Å². The van der Waals surface area contributed by atoms with Crippen molar-refractivity contribution in [3.63, 3.8) is 0 Å². The van der Waals surface area contributed by atoms with Crippen LogP contribution in [0.2, 0.25) is 5.02 Å². The normalized spacial score (nSPS) is 10.9. The van der Waals surface area contributed by atoms with Crippen molar-refractivity contribution in [1.82, 2.24) is 0 Å². The Morgan fingerprint density at radius 3 is 2.56 bits per heavy atom. The zero-order valence-corrected chi connectivity index (χ0v) is 10.3. The smallest absolute Gasteiger partial charge is 0.124 e. The lowest BCUT2D eigenvalue weighted by atomic mass is 10.2. The van der Waals surface area contributed by atoms with Crippen LogP contribution in [0.1, 0.15) is 11.1 Å². The highest BCUT2D eigenvalue weighted by Crippen LogP contribution is 2.22. The number of aliphatic imine (C=N–C) groups is 1. The van der Waals surface area contributed by atoms with Crippen LogP contribution in [0.4, 0.5) is 0 Å². The summed E-state index contributed by atoms with van der Waals surface area (Å²) in [4.78, 5) is 4.18. The summed E-state index contributed by atoms with van der Waals surface area (Å²) in [5.41, 5.74) is 1.33. The first-order chi connectivity index (χ1) is 8.66. The van der Waals surface area contributed by atoms with Gasteiger partial charge in [-0.15, -0.1) is 0 Å². The van der Waals surface area contributed by atoms with Gasteiger partial charge in [-0.3, -0.25) is 4.99 Å². The third kappa shape index (κ3) is 3.02. The van der Waals surface area contributed by atoms with Gasteiger partial charge in [-0.2, -0.15) is 0 Å². The van der Waals surface area contributed by atoms with Crippen molar-refractivity contribution in [3.05, 3.63) is 58.6 Å². The largest absolute Gasteiger partial charge is 0.508 e. The molecule has 0 radical (unpaired) electrons. The topological polar surface area (TPSA) is 52.8 Å². The molecule has 0 saturated heterocycles. The van der Waals surface area contributed by atoms with Crippen LogP contribution in [0.25, 0.3) is 0 Å². The van der Waals surface area contributed by atoms with E-state index >= 15 is 0 Å². The fourth-order valence-corrected chi connectivity index (χ4v) is 1.68. The number of aromatic hydroxyl groups is 2. The number of phenols is 2. The molecule has 18 heavy (non-hydrogen) atoms. The molecule has 0 saturated carbocycles. The molecule has 0 amide bonds. The molecular weight excluding hydrogens is 250 g/mol. The highest BCUT2D eigenvalue weighted by atomic mass is 35.5. The molecule has 0 spiro atoms. The minimum atomic E-state index is 0.122. The number of phenolic OH excluding ortho intramolecular Hbond substituents is 2. The molecule has 0 atom stereocenters. The first kappa shape index (κ1) is 12.5. The maximum atomic E-state index is 9.64. The van der Waals surface area contributed by atoms with E-state index in [-0.39, 0.29) is 11.5 Å². The van der Waals surface area contributed by atoms with Gasteiger partial charge in [0.15, 0.2) is 0 Å². The second-order valence-electron chi connectivity index (χ2n) is 3.80. The zero-order chi connectivity index (χ0) is 13.0. The average molecular weight is 262 g/mol. The Bertz CT molecular complexity index is 582. The molecule has 0 aromatic heterocycles. The maximum Gasteiger partial charge on any atom is 0.124 e. The van der Waals surface area contributed by atoms with Gasteiger partial charge in [0, 0.05) is 22.4 Å². The molecule has 0 aliphatic carbocycles. The van der Waals surface area contributed by atoms with Crippen molar-refractivity contribution >= 4 is 17.8 Å². The van der Waals surface area contributed by atoms with Crippen LogP contribution in [0.5, 0.6) is 11.5 Å². The lowest BCUT2D eigenvalue weighted by Crippen LogP contribution is -1.86. The van der Waals surface area contributed by atoms with E-state index in [2.05, 4.69) is 4.99 Å². The van der Waals surface area contributed by atoms with Crippen LogP contribution in [0, 0.1) is 0 Å². The maximum absolute atomic E-state index is 9.64. The number of nitrogens with zero attached hydrogens (tertiary/aromatic N) is 1. The predicted octanol–water partition coefficient (Wildman–Crippen LogP) is 3.37. The van der Waals surface area contributed by atoms with E-state index in [0.717, 1.165) is 0 Å². The molecule has 2 aromatic carbocycles. The standard InChI is InChI=1S/C14H12ClNO2/c15-12-6-5-11(14(18)7-12)9-16-8-10-3-1-2-4-13(10)17/h1-8,17-18H,9H2. The Morgan fingerprint density at radius 1 is 1.06 bits per heavy atom. The van der Waals surface area contributed by atoms with Gasteiger partial charge in [-0.05, 0) is 24.3 Å². The van der Waals surface area contributed by atoms with Crippen molar-refractivity contribution in [2.24, 2.45) is 4.99 Å². The van der Waals surface area contributed by atoms with Crippen LogP contribution in [-0.4, -0.2) is 16.4 Å². The summed E-state index contributed by atoms with van der Waals surface area (Å²) in [6.07, 6.45) is 1.57. The molecule has 0 fully saturated rings. The van der Waals surface area contributed by atoms with Crippen LogP contribution >= 0.6 is 11.6 Å². The number of halogens is 1. The number of hydrogen-bond acceptors (Lipinski definition) is 3. The molecular formula is C14H12ClNO2. The van der Waals surface area contributed by atoms with Crippen molar-refractivity contribution < 1.29 is 10.2 Å². The number of benzene rings is 2. The minimum absolute atomic E-state index is 0.122. The third-order valence-corrected chi connectivity index (χ3v) is 2.71. The molecule has 0 unspecified atom stereocenters. The second-order valence-corrected chi connectivity index (χ2v) is 4.24. The van der Waals surface area contributed by atoms with E-state index in [1.54, 1.807) is 36.5 Å². The average Bonchev–Trinajstić information content (AvgIpc) is 2.34. The Labute approximate surface area is 110 Å². The van der Waals surface area contributed by atoms with Crippen molar-refractivity contribution in [2.45, 2.75) is 6.54 Å². The van der Waals surface area contributed by atoms with Gasteiger partial charge < -0.3 is 10.2 Å². The summed E-state index contributed by atoms with van der Waals surface area (Å²) in [5.74, 6) is 0.304. The van der Waals surface area contributed by atoms with Crippen LogP contribution in [0.15, 0.2) is 47.5 Å². The Balaban J connectivity index is 2.10. The zero-order valence-electron chi connectivity index (χ0n) is 9.55. The number of hydrogen-bond donors (Lipinski definition) is 2. The van der Waals surface area contributed by atoms with Gasteiger partial charge >= 0.3 is 0 Å². The molecule has 0 aliphatic rings. The third-order valence-electron chi connectivity index (χ3n) is 2.48. The van der Waals surface area contributed by atoms with Gasteiger partial charge in [0.25, 0.3) is 0 Å². The molecule has 4 heteroatoms. The lowest BCUT2D eigenvalue weighted by Gasteiger charge is -2.01. The molecule has 2 rings (SSSR count). The fourth-order valence-electron chi connectivity index (χ4n) is 1.51. The lowest BCUT2D eigenvalue weighted by molar-refractivity contribution is 0.468. The van der Waals surface area contributed by atoms with E-state index < -0.39 is 0 Å². The number of rotatable bonds is 3. The summed E-state index contributed by atoms with van der Waals surface area (Å²) in [7, 11) is 0.